The van der Waals surface area contributed by atoms with Crippen LogP contribution < -0.4 is 4.90 Å². The van der Waals surface area contributed by atoms with Crippen LogP contribution in [0.4, 0.5) is 16.3 Å². The van der Waals surface area contributed by atoms with E-state index in [2.05, 4.69) is 5.10 Å². The minimum atomic E-state index is -2.86. The number of carbonyl (C=O) groups is 1. The number of aromatic nitrogens is 2. The van der Waals surface area contributed by atoms with Crippen molar-refractivity contribution in [2.24, 2.45) is 0 Å². The van der Waals surface area contributed by atoms with Gasteiger partial charge in [-0.25, -0.2) is 14.4 Å². The minimum Gasteiger partial charge on any atom is -0.464 e. The quantitative estimate of drug-likeness (QED) is 0.693. The molecule has 0 atom stereocenters. The maximum absolute atomic E-state index is 12.3. The highest BCUT2D eigenvalue weighted by atomic mass is 16.4. The van der Waals surface area contributed by atoms with E-state index in [9.17, 15) is 9.90 Å². The molecule has 0 aliphatic carbocycles. The molecule has 1 aromatic heterocycles. The second kappa shape index (κ2) is 6.67. The van der Waals surface area contributed by atoms with Gasteiger partial charge >= 0.3 is 6.09 Å². The molecule has 1 N–H and O–H groups in total. The highest BCUT2D eigenvalue weighted by Crippen LogP contribution is 2.32. The zero-order chi connectivity index (χ0) is 24.9. The molecule has 0 unspecified atom stereocenters. The Morgan fingerprint density at radius 1 is 1.19 bits per heavy atom. The lowest BCUT2D eigenvalue weighted by atomic mass is 9.92. The van der Waals surface area contributed by atoms with Gasteiger partial charge in [0.05, 0.1) is 22.6 Å². The molecular formula is C21H23N3O2. The second-order valence-corrected chi connectivity index (χ2v) is 6.73. The molecule has 0 spiro atoms. The molecule has 5 nitrogen and oxygen atoms in total. The topological polar surface area (TPSA) is 58.4 Å². The molecule has 0 bridgehead atoms. The van der Waals surface area contributed by atoms with Crippen LogP contribution in [0.3, 0.4) is 0 Å². The maximum Gasteiger partial charge on any atom is 0.417 e. The lowest BCUT2D eigenvalue weighted by molar-refractivity contribution is 0.204. The molecule has 1 heterocycles. The number of nitrogens with zero attached hydrogens (tertiary/aromatic N) is 3. The largest absolute Gasteiger partial charge is 0.464 e. The molecule has 0 aliphatic rings. The normalized spacial score (nSPS) is 15.7. The standard InChI is InChI=1S/C21H23N3O2/c1-15-10-12-17(13-11-15)24-19(14-18(22-24)21(2,3)4)23(20(25)26)16-8-6-5-7-9-16/h5-14H,1-4H3,(H,25,26)/i1D3,10D,11D,12D,13D. The summed E-state index contributed by atoms with van der Waals surface area (Å²) in [4.78, 5) is 13.2. The minimum absolute atomic E-state index is 0.0268. The first-order valence-electron chi connectivity index (χ1n) is 11.5. The smallest absolute Gasteiger partial charge is 0.417 e. The number of para-hydroxylation sites is 1. The summed E-state index contributed by atoms with van der Waals surface area (Å²) in [5, 5.41) is 14.4. The van der Waals surface area contributed by atoms with E-state index in [0.29, 0.717) is 5.69 Å². The van der Waals surface area contributed by atoms with Crippen molar-refractivity contribution < 1.29 is 19.5 Å². The number of rotatable bonds is 3. The molecule has 0 radical (unpaired) electrons. The van der Waals surface area contributed by atoms with Crippen LogP contribution in [0.25, 0.3) is 5.69 Å². The predicted octanol–water partition coefficient (Wildman–Crippen LogP) is 5.29. The number of carboxylic acid groups (broad SMARTS) is 1. The number of benzene rings is 2. The highest BCUT2D eigenvalue weighted by Gasteiger charge is 2.27. The Morgan fingerprint density at radius 2 is 1.85 bits per heavy atom. The van der Waals surface area contributed by atoms with Gasteiger partial charge in [0, 0.05) is 15.6 Å². The Kier molecular flexibility index (Phi) is 2.77. The van der Waals surface area contributed by atoms with Crippen molar-refractivity contribution in [3.8, 4) is 5.69 Å². The van der Waals surface area contributed by atoms with E-state index in [1.165, 1.54) is 6.07 Å². The fourth-order valence-corrected chi connectivity index (χ4v) is 2.39. The zero-order valence-corrected chi connectivity index (χ0v) is 14.7. The number of hydrogen-bond acceptors (Lipinski definition) is 2. The van der Waals surface area contributed by atoms with E-state index in [1.54, 1.807) is 30.3 Å². The van der Waals surface area contributed by atoms with Crippen LogP contribution in [0.15, 0.2) is 60.6 Å². The molecule has 0 saturated carbocycles. The molecule has 2 aromatic carbocycles. The summed E-state index contributed by atoms with van der Waals surface area (Å²) < 4.78 is 57.2. The average Bonchev–Trinajstić information content (AvgIpc) is 3.11. The highest BCUT2D eigenvalue weighted by molar-refractivity contribution is 5.94. The monoisotopic (exact) mass is 356 g/mol. The van der Waals surface area contributed by atoms with Gasteiger partial charge in [0.1, 0.15) is 5.82 Å². The van der Waals surface area contributed by atoms with Gasteiger partial charge in [-0.15, -0.1) is 0 Å². The molecule has 0 aliphatic heterocycles. The molecule has 0 fully saturated rings. The molecule has 134 valence electrons. The third kappa shape index (κ3) is 3.47. The van der Waals surface area contributed by atoms with E-state index < -0.39 is 48.1 Å². The van der Waals surface area contributed by atoms with Crippen molar-refractivity contribution in [1.82, 2.24) is 9.78 Å². The van der Waals surface area contributed by atoms with Crippen molar-refractivity contribution in [2.45, 2.75) is 33.0 Å². The Morgan fingerprint density at radius 3 is 2.38 bits per heavy atom. The van der Waals surface area contributed by atoms with Gasteiger partial charge < -0.3 is 5.11 Å². The van der Waals surface area contributed by atoms with Crippen LogP contribution in [0.5, 0.6) is 0 Å². The summed E-state index contributed by atoms with van der Waals surface area (Å²) >= 11 is 0. The van der Waals surface area contributed by atoms with Gasteiger partial charge in [-0.1, -0.05) is 56.6 Å². The zero-order valence-electron chi connectivity index (χ0n) is 21.7. The molecule has 3 rings (SSSR count). The number of anilines is 2. The molecule has 0 saturated heterocycles. The van der Waals surface area contributed by atoms with E-state index in [4.69, 9.17) is 9.60 Å². The Bertz CT molecular complexity index is 1190. The van der Waals surface area contributed by atoms with E-state index in [1.807, 2.05) is 20.8 Å². The summed E-state index contributed by atoms with van der Waals surface area (Å²) in [7, 11) is 0. The van der Waals surface area contributed by atoms with Crippen LogP contribution in [-0.4, -0.2) is 21.0 Å². The van der Waals surface area contributed by atoms with Crippen molar-refractivity contribution in [2.75, 3.05) is 4.90 Å². The third-order valence-electron chi connectivity index (χ3n) is 3.72. The average molecular weight is 356 g/mol. The SMILES string of the molecule is [2H]c1c([2H])c(C([2H])([2H])[2H])c([2H])c([2H])c1-n1nc(C(C)(C)C)cc1N(C(=O)O)c1ccccc1. The summed E-state index contributed by atoms with van der Waals surface area (Å²) in [5.74, 6) is -0.0268. The first-order valence-corrected chi connectivity index (χ1v) is 7.96. The van der Waals surface area contributed by atoms with Crippen LogP contribution in [-0.2, 0) is 5.41 Å². The van der Waals surface area contributed by atoms with Gasteiger partial charge in [-0.05, 0) is 31.1 Å². The molecule has 5 heteroatoms. The van der Waals surface area contributed by atoms with Crippen LogP contribution in [0.1, 0.15) is 41.6 Å². The van der Waals surface area contributed by atoms with Gasteiger partial charge in [-0.2, -0.15) is 5.10 Å². The molecule has 3 aromatic rings. The van der Waals surface area contributed by atoms with Crippen LogP contribution >= 0.6 is 0 Å². The number of amides is 1. The van der Waals surface area contributed by atoms with Gasteiger partial charge in [-0.3, -0.25) is 0 Å². The summed E-state index contributed by atoms with van der Waals surface area (Å²) in [6, 6.07) is 6.93. The molecule has 26 heavy (non-hydrogen) atoms. The van der Waals surface area contributed by atoms with Crippen LogP contribution in [0, 0.1) is 6.85 Å². The fraction of sp³-hybridized carbons (Fsp3) is 0.238. The second-order valence-electron chi connectivity index (χ2n) is 6.73. The Hall–Kier alpha value is -3.08. The molecular weight excluding hydrogens is 326 g/mol. The van der Waals surface area contributed by atoms with Crippen molar-refractivity contribution in [3.63, 3.8) is 0 Å². The Balaban J connectivity index is 2.42. The lowest BCUT2D eigenvalue weighted by Crippen LogP contribution is -2.26. The van der Waals surface area contributed by atoms with Crippen molar-refractivity contribution in [1.29, 1.82) is 0 Å². The predicted molar refractivity (Wildman–Crippen MR) is 104 cm³/mol. The number of hydrogen-bond donors (Lipinski definition) is 1. The molecule has 1 amide bonds. The van der Waals surface area contributed by atoms with E-state index >= 15 is 0 Å². The maximum atomic E-state index is 12.3. The first-order chi connectivity index (χ1) is 15.2. The van der Waals surface area contributed by atoms with Gasteiger partial charge in [0.15, 0.2) is 0 Å². The fourth-order valence-electron chi connectivity index (χ4n) is 2.39. The summed E-state index contributed by atoms with van der Waals surface area (Å²) in [5.41, 5.74) is -0.871. The summed E-state index contributed by atoms with van der Waals surface area (Å²) in [6.07, 6.45) is -1.35. The summed E-state index contributed by atoms with van der Waals surface area (Å²) in [6.45, 7) is 2.69. The first kappa shape index (κ1) is 10.8. The van der Waals surface area contributed by atoms with Gasteiger partial charge in [0.25, 0.3) is 0 Å². The van der Waals surface area contributed by atoms with E-state index in [0.717, 1.165) is 9.58 Å². The van der Waals surface area contributed by atoms with Crippen molar-refractivity contribution >= 4 is 17.6 Å². The third-order valence-corrected chi connectivity index (χ3v) is 3.72. The van der Waals surface area contributed by atoms with Crippen LogP contribution in [0.2, 0.25) is 0 Å². The van der Waals surface area contributed by atoms with Gasteiger partial charge in [0.2, 0.25) is 0 Å². The lowest BCUT2D eigenvalue weighted by Gasteiger charge is -2.20. The Labute approximate surface area is 163 Å². The van der Waals surface area contributed by atoms with E-state index in [-0.39, 0.29) is 17.2 Å². The van der Waals surface area contributed by atoms with Crippen molar-refractivity contribution in [3.05, 3.63) is 71.8 Å².